The summed E-state index contributed by atoms with van der Waals surface area (Å²) < 4.78 is 118. The molecule has 0 unspecified atom stereocenters. The SMILES string of the molecule is O=C(CCc1ccc(O)c(O)c1)OCCC(F)(F)C(F)(F)C(F)(F)C(F)(F)F. The fraction of sp³-hybridized carbons (Fsp3) is 0.533. The third kappa shape index (κ3) is 4.93. The fourth-order valence-electron chi connectivity index (χ4n) is 1.90. The maximum Gasteiger partial charge on any atom is 0.460 e. The Kier molecular flexibility index (Phi) is 6.73. The second kappa shape index (κ2) is 7.95. The van der Waals surface area contributed by atoms with Crippen LogP contribution in [0, 0.1) is 0 Å². The number of hydrogen-bond acceptors (Lipinski definition) is 4. The number of hydrogen-bond donors (Lipinski definition) is 2. The number of carbonyl (C=O) groups excluding carboxylic acids is 1. The highest BCUT2D eigenvalue weighted by molar-refractivity contribution is 5.69. The molecule has 1 rings (SSSR count). The standard InChI is InChI=1S/C15H13F9O4/c16-12(17,13(18,19)14(20,21)15(22,23)24)5-6-28-11(27)4-2-8-1-3-9(25)10(26)7-8/h1,3,7,25-26H,2,4-6H2. The summed E-state index contributed by atoms with van der Waals surface area (Å²) in [6, 6.07) is 3.44. The van der Waals surface area contributed by atoms with Crippen LogP contribution < -0.4 is 0 Å². The molecule has 0 heterocycles. The zero-order valence-corrected chi connectivity index (χ0v) is 13.7. The molecule has 0 amide bonds. The molecule has 160 valence electrons. The molecule has 0 aliphatic heterocycles. The molecule has 0 radical (unpaired) electrons. The number of benzene rings is 1. The number of aryl methyl sites for hydroxylation is 1. The van der Waals surface area contributed by atoms with Crippen LogP contribution in [0.4, 0.5) is 39.5 Å². The van der Waals surface area contributed by atoms with Gasteiger partial charge >= 0.3 is 29.9 Å². The van der Waals surface area contributed by atoms with Crippen molar-refractivity contribution in [3.05, 3.63) is 23.8 Å². The van der Waals surface area contributed by atoms with Crippen molar-refractivity contribution in [2.75, 3.05) is 6.61 Å². The largest absolute Gasteiger partial charge is 0.504 e. The molecule has 2 N–H and O–H groups in total. The molecule has 1 aromatic carbocycles. The van der Waals surface area contributed by atoms with Crippen LogP contribution in [0.3, 0.4) is 0 Å². The maximum absolute atomic E-state index is 13.2. The molecule has 0 spiro atoms. The lowest BCUT2D eigenvalue weighted by Crippen LogP contribution is -2.61. The number of halogens is 9. The van der Waals surface area contributed by atoms with E-state index in [0.29, 0.717) is 5.56 Å². The number of ether oxygens (including phenoxy) is 1. The summed E-state index contributed by atoms with van der Waals surface area (Å²) >= 11 is 0. The van der Waals surface area contributed by atoms with E-state index in [4.69, 9.17) is 5.11 Å². The van der Waals surface area contributed by atoms with Gasteiger partial charge in [-0.15, -0.1) is 0 Å². The number of phenols is 2. The first kappa shape index (κ1) is 23.7. The number of rotatable bonds is 8. The van der Waals surface area contributed by atoms with E-state index in [-0.39, 0.29) is 6.42 Å². The van der Waals surface area contributed by atoms with Crippen molar-refractivity contribution >= 4 is 5.97 Å². The quantitative estimate of drug-likeness (QED) is 0.365. The van der Waals surface area contributed by atoms with Crippen LogP contribution in [0.25, 0.3) is 0 Å². The summed E-state index contributed by atoms with van der Waals surface area (Å²) in [5.41, 5.74) is 0.300. The Morgan fingerprint density at radius 1 is 0.893 bits per heavy atom. The molecule has 0 aliphatic rings. The van der Waals surface area contributed by atoms with Gasteiger partial charge in [0.1, 0.15) is 0 Å². The minimum absolute atomic E-state index is 0.134. The Labute approximate surface area is 151 Å². The summed E-state index contributed by atoms with van der Waals surface area (Å²) in [7, 11) is 0. The molecule has 28 heavy (non-hydrogen) atoms. The first-order chi connectivity index (χ1) is 12.5. The number of phenolic OH excluding ortho intramolecular Hbond substituents is 2. The van der Waals surface area contributed by atoms with E-state index in [0.717, 1.165) is 12.1 Å². The van der Waals surface area contributed by atoms with Crippen molar-refractivity contribution < 1.29 is 59.3 Å². The maximum atomic E-state index is 13.2. The van der Waals surface area contributed by atoms with Crippen LogP contribution >= 0.6 is 0 Å². The minimum Gasteiger partial charge on any atom is -0.504 e. The second-order valence-corrected chi connectivity index (χ2v) is 5.64. The van der Waals surface area contributed by atoms with Gasteiger partial charge in [-0.25, -0.2) is 0 Å². The van der Waals surface area contributed by atoms with Crippen LogP contribution in [0.1, 0.15) is 18.4 Å². The zero-order chi connectivity index (χ0) is 22.0. The van der Waals surface area contributed by atoms with Gasteiger partial charge in [-0.3, -0.25) is 4.79 Å². The van der Waals surface area contributed by atoms with Crippen LogP contribution in [0.2, 0.25) is 0 Å². The van der Waals surface area contributed by atoms with E-state index in [1.165, 1.54) is 6.07 Å². The highest BCUT2D eigenvalue weighted by atomic mass is 19.4. The van der Waals surface area contributed by atoms with Gasteiger partial charge in [0.15, 0.2) is 11.5 Å². The van der Waals surface area contributed by atoms with Gasteiger partial charge in [0, 0.05) is 6.42 Å². The minimum atomic E-state index is -6.99. The predicted octanol–water partition coefficient (Wildman–Crippen LogP) is 4.43. The molecular formula is C15H13F9O4. The van der Waals surface area contributed by atoms with Crippen LogP contribution in [-0.4, -0.2) is 46.7 Å². The first-order valence-electron chi connectivity index (χ1n) is 7.39. The van der Waals surface area contributed by atoms with Gasteiger partial charge in [-0.1, -0.05) is 6.07 Å². The van der Waals surface area contributed by atoms with E-state index in [9.17, 15) is 49.4 Å². The fourth-order valence-corrected chi connectivity index (χ4v) is 1.90. The smallest absolute Gasteiger partial charge is 0.460 e. The normalized spacial score (nSPS) is 13.5. The van der Waals surface area contributed by atoms with Crippen LogP contribution in [-0.2, 0) is 16.0 Å². The third-order valence-electron chi connectivity index (χ3n) is 3.55. The molecule has 0 saturated heterocycles. The summed E-state index contributed by atoms with van der Waals surface area (Å²) in [5, 5.41) is 18.3. The Balaban J connectivity index is 2.60. The Morgan fingerprint density at radius 2 is 1.46 bits per heavy atom. The molecule has 0 saturated carbocycles. The van der Waals surface area contributed by atoms with Crippen molar-refractivity contribution in [3.63, 3.8) is 0 Å². The highest BCUT2D eigenvalue weighted by Crippen LogP contribution is 2.53. The summed E-state index contributed by atoms with van der Waals surface area (Å²) in [6.45, 7) is -1.53. The van der Waals surface area contributed by atoms with E-state index in [1.807, 2.05) is 0 Å². The Bertz CT molecular complexity index is 701. The summed E-state index contributed by atoms with van der Waals surface area (Å²) in [5.74, 6) is -21.8. The van der Waals surface area contributed by atoms with Gasteiger partial charge in [0.25, 0.3) is 0 Å². The molecular weight excluding hydrogens is 415 g/mol. The molecule has 0 fully saturated rings. The van der Waals surface area contributed by atoms with Crippen molar-refractivity contribution in [2.45, 2.75) is 43.2 Å². The molecule has 13 heteroatoms. The number of esters is 1. The van der Waals surface area contributed by atoms with E-state index in [2.05, 4.69) is 4.74 Å². The molecule has 0 aromatic heterocycles. The van der Waals surface area contributed by atoms with Gasteiger partial charge in [-0.2, -0.15) is 39.5 Å². The Hall–Kier alpha value is -2.34. The van der Waals surface area contributed by atoms with E-state index < -0.39 is 60.9 Å². The predicted molar refractivity (Wildman–Crippen MR) is 74.6 cm³/mol. The van der Waals surface area contributed by atoms with Crippen LogP contribution in [0.5, 0.6) is 11.5 Å². The lowest BCUT2D eigenvalue weighted by molar-refractivity contribution is -0.397. The Morgan fingerprint density at radius 3 is 1.96 bits per heavy atom. The number of carbonyl (C=O) groups is 1. The van der Waals surface area contributed by atoms with Crippen molar-refractivity contribution in [1.82, 2.24) is 0 Å². The average molecular weight is 428 g/mol. The van der Waals surface area contributed by atoms with Crippen molar-refractivity contribution in [3.8, 4) is 11.5 Å². The van der Waals surface area contributed by atoms with Gasteiger partial charge < -0.3 is 14.9 Å². The molecule has 0 aliphatic carbocycles. The zero-order valence-electron chi connectivity index (χ0n) is 13.7. The third-order valence-corrected chi connectivity index (χ3v) is 3.55. The van der Waals surface area contributed by atoms with Crippen LogP contribution in [0.15, 0.2) is 18.2 Å². The lowest BCUT2D eigenvalue weighted by Gasteiger charge is -2.33. The molecule has 0 atom stereocenters. The summed E-state index contributed by atoms with van der Waals surface area (Å²) in [6.07, 6.45) is -9.82. The van der Waals surface area contributed by atoms with E-state index in [1.54, 1.807) is 0 Å². The molecule has 4 nitrogen and oxygen atoms in total. The molecule has 0 bridgehead atoms. The first-order valence-corrected chi connectivity index (χ1v) is 7.39. The topological polar surface area (TPSA) is 66.8 Å². The highest BCUT2D eigenvalue weighted by Gasteiger charge is 2.81. The van der Waals surface area contributed by atoms with Gasteiger partial charge in [-0.05, 0) is 24.1 Å². The number of alkyl halides is 9. The lowest BCUT2D eigenvalue weighted by atomic mass is 10.0. The average Bonchev–Trinajstić information content (AvgIpc) is 2.54. The summed E-state index contributed by atoms with van der Waals surface area (Å²) in [4.78, 5) is 11.4. The van der Waals surface area contributed by atoms with Crippen molar-refractivity contribution in [1.29, 1.82) is 0 Å². The number of aromatic hydroxyl groups is 2. The molecule has 1 aromatic rings. The second-order valence-electron chi connectivity index (χ2n) is 5.64. The van der Waals surface area contributed by atoms with Gasteiger partial charge in [0.05, 0.1) is 13.0 Å². The van der Waals surface area contributed by atoms with Gasteiger partial charge in [0.2, 0.25) is 0 Å². The van der Waals surface area contributed by atoms with Crippen molar-refractivity contribution in [2.24, 2.45) is 0 Å². The van der Waals surface area contributed by atoms with E-state index >= 15 is 0 Å². The monoisotopic (exact) mass is 428 g/mol.